The van der Waals surface area contributed by atoms with Gasteiger partial charge in [-0.2, -0.15) is 5.26 Å². The Morgan fingerprint density at radius 1 is 1.44 bits per heavy atom. The summed E-state index contributed by atoms with van der Waals surface area (Å²) in [5.41, 5.74) is -0.404. The molecule has 0 aliphatic carbocycles. The SMILES string of the molecule is COCC(C)(C)NS(=O)(=O)c1cccc(C#N)c1. The third kappa shape index (κ3) is 3.81. The predicted molar refractivity (Wildman–Crippen MR) is 67.4 cm³/mol. The number of hydrogen-bond donors (Lipinski definition) is 1. The van der Waals surface area contributed by atoms with Crippen molar-refractivity contribution in [2.45, 2.75) is 24.3 Å². The van der Waals surface area contributed by atoms with Crippen LogP contribution < -0.4 is 4.72 Å². The Bertz CT molecular complexity index is 559. The highest BCUT2D eigenvalue weighted by atomic mass is 32.2. The lowest BCUT2D eigenvalue weighted by molar-refractivity contribution is 0.141. The number of benzene rings is 1. The Balaban J connectivity index is 3.04. The Kier molecular flexibility index (Phi) is 4.46. The summed E-state index contributed by atoms with van der Waals surface area (Å²) in [6, 6.07) is 7.79. The number of nitrogens with one attached hydrogen (secondary N) is 1. The first kappa shape index (κ1) is 14.6. The van der Waals surface area contributed by atoms with Crippen molar-refractivity contribution in [3.63, 3.8) is 0 Å². The van der Waals surface area contributed by atoms with E-state index >= 15 is 0 Å². The van der Waals surface area contributed by atoms with E-state index in [0.29, 0.717) is 5.56 Å². The molecule has 0 aromatic heterocycles. The van der Waals surface area contributed by atoms with Gasteiger partial charge in [0, 0.05) is 7.11 Å². The van der Waals surface area contributed by atoms with Crippen LogP contribution in [0.5, 0.6) is 0 Å². The molecule has 0 unspecified atom stereocenters. The highest BCUT2D eigenvalue weighted by molar-refractivity contribution is 7.89. The number of rotatable bonds is 5. The van der Waals surface area contributed by atoms with Crippen molar-refractivity contribution in [1.82, 2.24) is 4.72 Å². The summed E-state index contributed by atoms with van der Waals surface area (Å²) in [5, 5.41) is 8.76. The molecule has 1 N–H and O–H groups in total. The molecule has 18 heavy (non-hydrogen) atoms. The second-order valence-electron chi connectivity index (χ2n) is 4.56. The van der Waals surface area contributed by atoms with Crippen LogP contribution in [0.2, 0.25) is 0 Å². The van der Waals surface area contributed by atoms with Gasteiger partial charge >= 0.3 is 0 Å². The maximum atomic E-state index is 12.1. The summed E-state index contributed by atoms with van der Waals surface area (Å²) in [6.07, 6.45) is 0. The zero-order valence-corrected chi connectivity index (χ0v) is 11.4. The fourth-order valence-electron chi connectivity index (χ4n) is 1.55. The second kappa shape index (κ2) is 5.48. The van der Waals surface area contributed by atoms with Crippen LogP contribution >= 0.6 is 0 Å². The molecule has 0 heterocycles. The number of hydrogen-bond acceptors (Lipinski definition) is 4. The number of sulfonamides is 1. The Hall–Kier alpha value is -1.42. The Morgan fingerprint density at radius 2 is 2.11 bits per heavy atom. The van der Waals surface area contributed by atoms with E-state index in [1.165, 1.54) is 25.3 Å². The van der Waals surface area contributed by atoms with Crippen LogP contribution in [-0.2, 0) is 14.8 Å². The molecular formula is C12H16N2O3S. The monoisotopic (exact) mass is 268 g/mol. The molecule has 6 heteroatoms. The van der Waals surface area contributed by atoms with Crippen LogP contribution in [0.15, 0.2) is 29.2 Å². The molecule has 0 saturated heterocycles. The summed E-state index contributed by atoms with van der Waals surface area (Å²) < 4.78 is 31.7. The number of nitriles is 1. The van der Waals surface area contributed by atoms with Gasteiger partial charge in [-0.15, -0.1) is 0 Å². The van der Waals surface area contributed by atoms with Crippen molar-refractivity contribution < 1.29 is 13.2 Å². The molecule has 0 bridgehead atoms. The van der Waals surface area contributed by atoms with Crippen LogP contribution in [0.25, 0.3) is 0 Å². The summed E-state index contributed by atoms with van der Waals surface area (Å²) in [6.45, 7) is 3.70. The van der Waals surface area contributed by atoms with Gasteiger partial charge in [-0.25, -0.2) is 13.1 Å². The first-order chi connectivity index (χ1) is 8.30. The molecule has 1 aromatic carbocycles. The average Bonchev–Trinajstić information content (AvgIpc) is 2.27. The number of nitrogens with zero attached hydrogens (tertiary/aromatic N) is 1. The largest absolute Gasteiger partial charge is 0.383 e. The highest BCUT2D eigenvalue weighted by Gasteiger charge is 2.26. The molecule has 1 aromatic rings. The van der Waals surface area contributed by atoms with Gasteiger partial charge in [0.25, 0.3) is 0 Å². The summed E-state index contributed by atoms with van der Waals surface area (Å²) >= 11 is 0. The maximum Gasteiger partial charge on any atom is 0.241 e. The zero-order chi connectivity index (χ0) is 13.8. The third-order valence-corrected chi connectivity index (χ3v) is 3.89. The van der Waals surface area contributed by atoms with Crippen molar-refractivity contribution in [2.75, 3.05) is 13.7 Å². The van der Waals surface area contributed by atoms with Gasteiger partial charge in [-0.1, -0.05) is 6.07 Å². The zero-order valence-electron chi connectivity index (χ0n) is 10.6. The lowest BCUT2D eigenvalue weighted by atomic mass is 10.1. The van der Waals surface area contributed by atoms with Crippen molar-refractivity contribution in [2.24, 2.45) is 0 Å². The minimum Gasteiger partial charge on any atom is -0.383 e. The predicted octanol–water partition coefficient (Wildman–Crippen LogP) is 1.26. The first-order valence-electron chi connectivity index (χ1n) is 5.34. The normalized spacial score (nSPS) is 12.1. The van der Waals surface area contributed by atoms with Gasteiger partial charge in [0.2, 0.25) is 10.0 Å². The molecule has 0 saturated carbocycles. The lowest BCUT2D eigenvalue weighted by Crippen LogP contribution is -2.46. The van der Waals surface area contributed by atoms with Gasteiger partial charge in [-0.05, 0) is 32.0 Å². The van der Waals surface area contributed by atoms with Gasteiger partial charge in [0.15, 0.2) is 0 Å². The van der Waals surface area contributed by atoms with Crippen LogP contribution in [0.3, 0.4) is 0 Å². The Labute approximate surface area is 107 Å². The molecule has 0 fully saturated rings. The summed E-state index contributed by atoms with van der Waals surface area (Å²) in [4.78, 5) is 0.0747. The number of methoxy groups -OCH3 is 1. The van der Waals surface area contributed by atoms with E-state index in [1.54, 1.807) is 19.9 Å². The van der Waals surface area contributed by atoms with Crippen molar-refractivity contribution in [1.29, 1.82) is 5.26 Å². The van der Waals surface area contributed by atoms with E-state index in [4.69, 9.17) is 10.00 Å². The van der Waals surface area contributed by atoms with E-state index in [-0.39, 0.29) is 11.5 Å². The second-order valence-corrected chi connectivity index (χ2v) is 6.24. The molecule has 0 aliphatic heterocycles. The van der Waals surface area contributed by atoms with E-state index in [1.807, 2.05) is 6.07 Å². The van der Waals surface area contributed by atoms with E-state index in [0.717, 1.165) is 0 Å². The van der Waals surface area contributed by atoms with Gasteiger partial charge in [-0.3, -0.25) is 0 Å². The van der Waals surface area contributed by atoms with Crippen LogP contribution in [0.4, 0.5) is 0 Å². The molecular weight excluding hydrogens is 252 g/mol. The Morgan fingerprint density at radius 3 is 2.67 bits per heavy atom. The van der Waals surface area contributed by atoms with Crippen LogP contribution in [0, 0.1) is 11.3 Å². The minimum absolute atomic E-state index is 0.0747. The van der Waals surface area contributed by atoms with Gasteiger partial charge in [0.05, 0.1) is 28.7 Å². The fourth-order valence-corrected chi connectivity index (χ4v) is 2.99. The van der Waals surface area contributed by atoms with E-state index in [2.05, 4.69) is 4.72 Å². The maximum absolute atomic E-state index is 12.1. The van der Waals surface area contributed by atoms with E-state index < -0.39 is 15.6 Å². The van der Waals surface area contributed by atoms with Crippen LogP contribution in [0.1, 0.15) is 19.4 Å². The molecule has 0 radical (unpaired) electrons. The molecule has 1 rings (SSSR count). The minimum atomic E-state index is -3.65. The quantitative estimate of drug-likeness (QED) is 0.872. The van der Waals surface area contributed by atoms with Crippen LogP contribution in [-0.4, -0.2) is 27.7 Å². The topological polar surface area (TPSA) is 79.2 Å². The lowest BCUT2D eigenvalue weighted by Gasteiger charge is -2.24. The third-order valence-electron chi connectivity index (χ3n) is 2.19. The molecule has 0 spiro atoms. The van der Waals surface area contributed by atoms with Crippen molar-refractivity contribution >= 4 is 10.0 Å². The van der Waals surface area contributed by atoms with Crippen molar-refractivity contribution in [3.8, 4) is 6.07 Å². The molecule has 5 nitrogen and oxygen atoms in total. The molecule has 0 aliphatic rings. The van der Waals surface area contributed by atoms with Crippen molar-refractivity contribution in [3.05, 3.63) is 29.8 Å². The van der Waals surface area contributed by atoms with Gasteiger partial charge in [0.1, 0.15) is 0 Å². The summed E-state index contributed by atoms with van der Waals surface area (Å²) in [7, 11) is -2.15. The van der Waals surface area contributed by atoms with E-state index in [9.17, 15) is 8.42 Å². The highest BCUT2D eigenvalue weighted by Crippen LogP contribution is 2.14. The average molecular weight is 268 g/mol. The molecule has 98 valence electrons. The first-order valence-corrected chi connectivity index (χ1v) is 6.82. The molecule has 0 atom stereocenters. The molecule has 0 amide bonds. The fraction of sp³-hybridized carbons (Fsp3) is 0.417. The summed E-state index contributed by atoms with van der Waals surface area (Å²) in [5.74, 6) is 0. The number of ether oxygens (including phenoxy) is 1. The smallest absolute Gasteiger partial charge is 0.241 e. The van der Waals surface area contributed by atoms with Gasteiger partial charge < -0.3 is 4.74 Å². The standard InChI is InChI=1S/C12H16N2O3S/c1-12(2,9-17-3)14-18(15,16)11-6-4-5-10(7-11)8-13/h4-7,14H,9H2,1-3H3.